The highest BCUT2D eigenvalue weighted by Crippen LogP contribution is 2.33. The lowest BCUT2D eigenvalue weighted by Crippen LogP contribution is -2.35. The van der Waals surface area contributed by atoms with Crippen LogP contribution in [0.2, 0.25) is 0 Å². The van der Waals surface area contributed by atoms with Gasteiger partial charge in [0.05, 0.1) is 30.8 Å². The zero-order chi connectivity index (χ0) is 23.3. The van der Waals surface area contributed by atoms with Crippen molar-refractivity contribution in [3.05, 3.63) is 48.3 Å². The predicted molar refractivity (Wildman–Crippen MR) is 101 cm³/mol. The number of imidazole rings is 1. The molecule has 10 nitrogen and oxygen atoms in total. The number of nitrogens with zero attached hydrogens (tertiary/aromatic N) is 3. The smallest absolute Gasteiger partial charge is 0.475 e. The van der Waals surface area contributed by atoms with Gasteiger partial charge >= 0.3 is 12.1 Å². The first-order valence-corrected chi connectivity index (χ1v) is 9.54. The minimum absolute atomic E-state index is 0.0344. The number of likely N-dealkylation sites (tertiary alicyclic amines) is 1. The van der Waals surface area contributed by atoms with Crippen molar-refractivity contribution in [3.63, 3.8) is 0 Å². The molecule has 2 aromatic heterocycles. The van der Waals surface area contributed by atoms with Gasteiger partial charge in [0.25, 0.3) is 11.8 Å². The van der Waals surface area contributed by atoms with E-state index in [1.54, 1.807) is 29.4 Å². The van der Waals surface area contributed by atoms with E-state index in [1.165, 1.54) is 12.5 Å². The number of aliphatic carboxylic acids is 1. The van der Waals surface area contributed by atoms with E-state index in [0.717, 1.165) is 0 Å². The maximum atomic E-state index is 12.4. The number of hydrogen-bond donors (Lipinski definition) is 3. The van der Waals surface area contributed by atoms with Gasteiger partial charge in [0.15, 0.2) is 0 Å². The average Bonchev–Trinajstić information content (AvgIpc) is 3.50. The lowest BCUT2D eigenvalue weighted by molar-refractivity contribution is -0.192. The highest BCUT2D eigenvalue weighted by atomic mass is 19.4. The third-order valence-electron chi connectivity index (χ3n) is 5.15. The molecule has 0 spiro atoms. The third kappa shape index (κ3) is 5.60. The van der Waals surface area contributed by atoms with Crippen molar-refractivity contribution in [2.24, 2.45) is 11.8 Å². The Morgan fingerprint density at radius 1 is 1.25 bits per heavy atom. The normalized spacial score (nSPS) is 22.0. The van der Waals surface area contributed by atoms with E-state index in [-0.39, 0.29) is 29.8 Å². The molecule has 0 aromatic carbocycles. The molecule has 0 unspecified atom stereocenters. The molecule has 3 atom stereocenters. The Balaban J connectivity index is 0.000000360. The van der Waals surface area contributed by atoms with Gasteiger partial charge in [-0.2, -0.15) is 13.2 Å². The molecule has 3 N–H and O–H groups in total. The highest BCUT2D eigenvalue weighted by molar-refractivity contribution is 5.94. The number of carbonyl (C=O) groups excluding carboxylic acids is 2. The van der Waals surface area contributed by atoms with E-state index in [1.807, 2.05) is 0 Å². The molecule has 0 saturated carbocycles. The van der Waals surface area contributed by atoms with Crippen LogP contribution in [-0.2, 0) is 9.53 Å². The number of H-pyrrole nitrogens is 1. The second-order valence-corrected chi connectivity index (χ2v) is 7.23. The first-order chi connectivity index (χ1) is 15.2. The molecule has 4 rings (SSSR count). The van der Waals surface area contributed by atoms with Crippen molar-refractivity contribution in [3.8, 4) is 0 Å². The predicted octanol–water partition coefficient (Wildman–Crippen LogP) is 0.955. The molecule has 2 aliphatic heterocycles. The van der Waals surface area contributed by atoms with E-state index in [0.29, 0.717) is 37.5 Å². The van der Waals surface area contributed by atoms with E-state index in [9.17, 15) is 22.8 Å². The summed E-state index contributed by atoms with van der Waals surface area (Å²) in [6, 6.07) is 3.47. The summed E-state index contributed by atoms with van der Waals surface area (Å²) in [5.41, 5.74) is 1.03. The Kier molecular flexibility index (Phi) is 7.08. The van der Waals surface area contributed by atoms with Crippen molar-refractivity contribution in [2.45, 2.75) is 12.3 Å². The molecule has 2 aromatic rings. The van der Waals surface area contributed by atoms with E-state index in [2.05, 4.69) is 20.3 Å². The number of aromatic amines is 1. The van der Waals surface area contributed by atoms with Gasteiger partial charge in [0.2, 0.25) is 0 Å². The van der Waals surface area contributed by atoms with Crippen LogP contribution < -0.4 is 5.32 Å². The van der Waals surface area contributed by atoms with Crippen molar-refractivity contribution in [1.29, 1.82) is 0 Å². The second kappa shape index (κ2) is 9.77. The number of alkyl halides is 3. The lowest BCUT2D eigenvalue weighted by atomic mass is 9.93. The molecule has 2 amide bonds. The van der Waals surface area contributed by atoms with E-state index < -0.39 is 12.1 Å². The summed E-state index contributed by atoms with van der Waals surface area (Å²) >= 11 is 0. The van der Waals surface area contributed by atoms with Crippen LogP contribution in [0.25, 0.3) is 0 Å². The average molecular weight is 455 g/mol. The minimum atomic E-state index is -5.08. The molecule has 0 aliphatic carbocycles. The zero-order valence-electron chi connectivity index (χ0n) is 16.6. The molecule has 32 heavy (non-hydrogen) atoms. The van der Waals surface area contributed by atoms with Gasteiger partial charge < -0.3 is 25.0 Å². The first-order valence-electron chi connectivity index (χ1n) is 9.54. The summed E-state index contributed by atoms with van der Waals surface area (Å²) in [5.74, 6) is -2.52. The fourth-order valence-electron chi connectivity index (χ4n) is 3.54. The lowest BCUT2D eigenvalue weighted by Gasteiger charge is -2.19. The maximum absolute atomic E-state index is 12.4. The number of hydrogen-bond acceptors (Lipinski definition) is 6. The summed E-state index contributed by atoms with van der Waals surface area (Å²) in [7, 11) is 0. The number of halogens is 3. The molecule has 2 saturated heterocycles. The topological polar surface area (TPSA) is 138 Å². The van der Waals surface area contributed by atoms with Crippen LogP contribution in [0.1, 0.15) is 20.8 Å². The number of rotatable bonds is 4. The number of carboxylic acid groups (broad SMARTS) is 1. The molecule has 172 valence electrons. The number of carbonyl (C=O) groups is 3. The van der Waals surface area contributed by atoms with Crippen molar-refractivity contribution < 1.29 is 37.4 Å². The maximum Gasteiger partial charge on any atom is 0.490 e. The number of ether oxygens (including phenoxy) is 1. The van der Waals surface area contributed by atoms with Gasteiger partial charge in [-0.25, -0.2) is 9.78 Å². The van der Waals surface area contributed by atoms with E-state index in [4.69, 9.17) is 14.6 Å². The summed E-state index contributed by atoms with van der Waals surface area (Å²) in [6.07, 6.45) is 1.16. The van der Waals surface area contributed by atoms with Gasteiger partial charge in [-0.3, -0.25) is 14.6 Å². The molecule has 2 aliphatic rings. The van der Waals surface area contributed by atoms with Gasteiger partial charge in [0.1, 0.15) is 5.69 Å². The molecule has 4 heterocycles. The zero-order valence-corrected chi connectivity index (χ0v) is 16.6. The molecule has 2 fully saturated rings. The van der Waals surface area contributed by atoms with Crippen molar-refractivity contribution in [1.82, 2.24) is 25.2 Å². The number of amides is 2. The number of nitrogens with one attached hydrogen (secondary N) is 2. The quantitative estimate of drug-likeness (QED) is 0.624. The SMILES string of the molecule is O=C(NC[C@H]1CO[C@@H]2CN(C(=O)c3cnc[nH]3)C[C@H]12)c1cccnc1.O=C(O)C(F)(F)F. The van der Waals surface area contributed by atoms with Crippen molar-refractivity contribution >= 4 is 17.8 Å². The van der Waals surface area contributed by atoms with Gasteiger partial charge in [-0.05, 0) is 12.1 Å². The summed E-state index contributed by atoms with van der Waals surface area (Å²) < 4.78 is 37.6. The number of pyridine rings is 1. The Morgan fingerprint density at radius 2 is 2.00 bits per heavy atom. The van der Waals surface area contributed by atoms with Crippen molar-refractivity contribution in [2.75, 3.05) is 26.2 Å². The minimum Gasteiger partial charge on any atom is -0.475 e. The molecular formula is C19H20F3N5O5. The van der Waals surface area contributed by atoms with Gasteiger partial charge in [-0.1, -0.05) is 0 Å². The molecule has 0 bridgehead atoms. The Hall–Kier alpha value is -3.48. The fraction of sp³-hybridized carbons (Fsp3) is 0.421. The number of aromatic nitrogens is 3. The van der Waals surface area contributed by atoms with E-state index >= 15 is 0 Å². The van der Waals surface area contributed by atoms with Gasteiger partial charge in [0, 0.05) is 43.9 Å². The standard InChI is InChI=1S/C17H19N5O3.C2HF3O2/c23-16(11-2-1-3-18-4-11)20-5-12-9-25-15-8-22(7-13(12)15)17(24)14-6-19-10-21-14;3-2(4,5)1(6)7/h1-4,6,10,12-13,15H,5,7-9H2,(H,19,21)(H,20,23);(H,6,7)/t12-,13+,15+;/m0./s1. The van der Waals surface area contributed by atoms with Crippen LogP contribution in [0.5, 0.6) is 0 Å². The highest BCUT2D eigenvalue weighted by Gasteiger charge is 2.45. The largest absolute Gasteiger partial charge is 0.490 e. The summed E-state index contributed by atoms with van der Waals surface area (Å²) in [5, 5.41) is 10.1. The molecule has 13 heteroatoms. The Morgan fingerprint density at radius 3 is 2.59 bits per heavy atom. The molecule has 0 radical (unpaired) electrons. The third-order valence-corrected chi connectivity index (χ3v) is 5.15. The summed E-state index contributed by atoms with van der Waals surface area (Å²) in [4.78, 5) is 45.9. The second-order valence-electron chi connectivity index (χ2n) is 7.23. The van der Waals surface area contributed by atoms with Crippen LogP contribution >= 0.6 is 0 Å². The van der Waals surface area contributed by atoms with Crippen LogP contribution in [0.15, 0.2) is 37.1 Å². The van der Waals surface area contributed by atoms with Crippen LogP contribution in [0.4, 0.5) is 13.2 Å². The number of fused-ring (bicyclic) bond motifs is 1. The number of carboxylic acids is 1. The summed E-state index contributed by atoms with van der Waals surface area (Å²) in [6.45, 7) is 2.35. The van der Waals surface area contributed by atoms with Crippen LogP contribution in [0, 0.1) is 11.8 Å². The van der Waals surface area contributed by atoms with Gasteiger partial charge in [-0.15, -0.1) is 0 Å². The Bertz CT molecular complexity index is 939. The Labute approximate surface area is 179 Å². The van der Waals surface area contributed by atoms with Crippen LogP contribution in [-0.4, -0.2) is 81.3 Å². The monoisotopic (exact) mass is 455 g/mol. The fourth-order valence-corrected chi connectivity index (χ4v) is 3.54. The van der Waals surface area contributed by atoms with Crippen LogP contribution in [0.3, 0.4) is 0 Å². The first kappa shape index (κ1) is 23.2. The molecular weight excluding hydrogens is 435 g/mol.